The summed E-state index contributed by atoms with van der Waals surface area (Å²) in [5, 5.41) is 0.421. The molecule has 1 atom stereocenters. The normalized spacial score (nSPS) is 15.8. The van der Waals surface area contributed by atoms with Gasteiger partial charge in [0.25, 0.3) is 0 Å². The molecule has 1 aliphatic rings. The molecule has 0 N–H and O–H groups in total. The molecule has 0 saturated heterocycles. The average molecular weight is 363 g/mol. The van der Waals surface area contributed by atoms with E-state index in [-0.39, 0.29) is 37.1 Å². The molecule has 22 heavy (non-hydrogen) atoms. The van der Waals surface area contributed by atoms with E-state index in [1.54, 1.807) is 31.2 Å². The first-order valence-corrected chi connectivity index (χ1v) is 9.59. The van der Waals surface area contributed by atoms with Gasteiger partial charge in [-0.2, -0.15) is 0 Å². The van der Waals surface area contributed by atoms with Crippen LogP contribution in [0.4, 0.5) is 0 Å². The predicted octanol–water partition coefficient (Wildman–Crippen LogP) is 3.47. The topological polar surface area (TPSA) is 51.2 Å². The van der Waals surface area contributed by atoms with Gasteiger partial charge < -0.3 is 0 Å². The molecule has 0 bridgehead atoms. The Morgan fingerprint density at radius 3 is 2.32 bits per heavy atom. The minimum atomic E-state index is -0.284. The monoisotopic (exact) mass is 364 g/mol. The van der Waals surface area contributed by atoms with Crippen molar-refractivity contribution in [3.63, 3.8) is 0 Å². The average Bonchev–Trinajstić information content (AvgIpc) is 2.52. The van der Waals surface area contributed by atoms with Crippen LogP contribution in [0.3, 0.4) is 0 Å². The molecule has 0 saturated carbocycles. The fourth-order valence-corrected chi connectivity index (χ4v) is 4.74. The van der Waals surface area contributed by atoms with E-state index >= 15 is 0 Å². The van der Waals surface area contributed by atoms with Crippen LogP contribution >= 0.6 is 0 Å². The molecule has 0 spiro atoms. The number of Topliss-reactive ketones (excluding diaryl/α,β-unsaturated/α-hetero) is 2. The Bertz CT molecular complexity index is 658. The third-order valence-corrected chi connectivity index (χ3v) is 6.32. The molecule has 0 radical (unpaired) electrons. The van der Waals surface area contributed by atoms with Crippen LogP contribution in [0.5, 0.6) is 0 Å². The second-order valence-electron chi connectivity index (χ2n) is 5.60. The van der Waals surface area contributed by atoms with Crippen LogP contribution in [0.2, 0.25) is 5.32 Å². The van der Waals surface area contributed by atoms with Gasteiger partial charge in [0.05, 0.1) is 0 Å². The van der Waals surface area contributed by atoms with E-state index in [1.165, 1.54) is 0 Å². The van der Waals surface area contributed by atoms with Crippen molar-refractivity contribution in [1.29, 1.82) is 0 Å². The van der Waals surface area contributed by atoms with Crippen molar-refractivity contribution in [2.45, 2.75) is 38.9 Å². The summed E-state index contributed by atoms with van der Waals surface area (Å²) in [7, 11) is 0. The first-order chi connectivity index (χ1) is 10.5. The van der Waals surface area contributed by atoms with Crippen molar-refractivity contribution in [2.75, 3.05) is 0 Å². The Hall–Kier alpha value is -1.51. The molecule has 4 heteroatoms. The first kappa shape index (κ1) is 16.9. The summed E-state index contributed by atoms with van der Waals surface area (Å²) in [6, 6.07) is 6.91. The number of hydrogen-bond donors (Lipinski definition) is 0. The molecule has 1 unspecified atom stereocenters. The number of allylic oxidation sites excluding steroid dienone is 2. The summed E-state index contributed by atoms with van der Waals surface area (Å²) < 4.78 is 0.230. The van der Waals surface area contributed by atoms with Crippen LogP contribution in [0.15, 0.2) is 35.4 Å². The Labute approximate surface area is 137 Å². The van der Waals surface area contributed by atoms with Gasteiger partial charge in [-0.3, -0.25) is 0 Å². The molecule has 2 rings (SSSR count). The molecule has 0 aromatic heterocycles. The van der Waals surface area contributed by atoms with Gasteiger partial charge in [-0.05, 0) is 0 Å². The zero-order valence-electron chi connectivity index (χ0n) is 13.1. The van der Waals surface area contributed by atoms with Gasteiger partial charge in [-0.1, -0.05) is 0 Å². The van der Waals surface area contributed by atoms with Crippen LogP contribution in [-0.2, 0) is 4.79 Å². The van der Waals surface area contributed by atoms with Gasteiger partial charge in [0.2, 0.25) is 0 Å². The number of hydrogen-bond acceptors (Lipinski definition) is 3. The number of fused-ring (bicyclic) bond motifs is 1. The fourth-order valence-electron chi connectivity index (χ4n) is 2.56. The molecular weight excluding hydrogens is 343 g/mol. The third kappa shape index (κ3) is 3.29. The van der Waals surface area contributed by atoms with Crippen LogP contribution in [0.25, 0.3) is 0 Å². The van der Waals surface area contributed by atoms with Gasteiger partial charge in [0.1, 0.15) is 0 Å². The fraction of sp³-hybridized carbons (Fsp3) is 0.389. The van der Waals surface area contributed by atoms with Crippen molar-refractivity contribution >= 4 is 31.2 Å². The molecule has 1 aromatic carbocycles. The van der Waals surface area contributed by atoms with Crippen molar-refractivity contribution in [1.82, 2.24) is 0 Å². The second kappa shape index (κ2) is 7.17. The predicted molar refractivity (Wildman–Crippen MR) is 87.4 cm³/mol. The van der Waals surface area contributed by atoms with E-state index in [0.29, 0.717) is 27.6 Å². The number of carbonyl (C=O) groups excluding carboxylic acids is 3. The van der Waals surface area contributed by atoms with Crippen molar-refractivity contribution in [3.8, 4) is 0 Å². The molecule has 3 nitrogen and oxygen atoms in total. The summed E-state index contributed by atoms with van der Waals surface area (Å²) in [6.45, 7) is 5.70. The van der Waals surface area contributed by atoms with Gasteiger partial charge in [0, 0.05) is 0 Å². The van der Waals surface area contributed by atoms with E-state index < -0.39 is 0 Å². The molecule has 1 aromatic rings. The van der Waals surface area contributed by atoms with E-state index in [9.17, 15) is 14.4 Å². The summed E-state index contributed by atoms with van der Waals surface area (Å²) in [5.74, 6) is -0.131. The minimum absolute atomic E-state index is 0.0487. The van der Waals surface area contributed by atoms with Crippen LogP contribution < -0.4 is 0 Å². The number of carbonyl (C=O) groups is 3. The maximum absolute atomic E-state index is 12.6. The molecule has 0 heterocycles. The quantitative estimate of drug-likeness (QED) is 0.728. The third-order valence-electron chi connectivity index (χ3n) is 3.97. The van der Waals surface area contributed by atoms with Crippen molar-refractivity contribution in [2.24, 2.45) is 5.92 Å². The van der Waals surface area contributed by atoms with Gasteiger partial charge in [0.15, 0.2) is 0 Å². The Morgan fingerprint density at radius 2 is 1.73 bits per heavy atom. The Morgan fingerprint density at radius 1 is 1.14 bits per heavy atom. The summed E-state index contributed by atoms with van der Waals surface area (Å²) in [4.78, 5) is 37.1. The van der Waals surface area contributed by atoms with Crippen LogP contribution in [-0.4, -0.2) is 31.2 Å². The van der Waals surface area contributed by atoms with Crippen molar-refractivity contribution in [3.05, 3.63) is 46.5 Å². The Kier molecular flexibility index (Phi) is 5.49. The number of benzene rings is 1. The standard InChI is InChI=1S/C18H20O3Se/c1-4-7-11(2)18(21)22-10-15-12(3)16(19)13-8-5-6-9-14(13)17(15)20/h5-6,8-9,11H,4,7,10H2,1-3H3. The molecule has 0 aliphatic heterocycles. The van der Waals surface area contributed by atoms with E-state index in [4.69, 9.17) is 0 Å². The summed E-state index contributed by atoms with van der Waals surface area (Å²) in [5.41, 5.74) is 1.98. The van der Waals surface area contributed by atoms with Gasteiger partial charge in [-0.25, -0.2) is 0 Å². The SMILES string of the molecule is CCCC(C)C(=O)[Se]CC1=C(C)C(=O)c2ccccc2C1=O. The summed E-state index contributed by atoms with van der Waals surface area (Å²) in [6.07, 6.45) is 1.86. The second-order valence-corrected chi connectivity index (χ2v) is 7.66. The molecular formula is C18H20O3Se. The summed E-state index contributed by atoms with van der Waals surface area (Å²) >= 11 is -0.284. The molecule has 1 aliphatic carbocycles. The number of ketones is 2. The van der Waals surface area contributed by atoms with Crippen LogP contribution in [0, 0.1) is 5.92 Å². The Balaban J connectivity index is 2.18. The molecule has 116 valence electrons. The molecule has 0 fully saturated rings. The van der Waals surface area contributed by atoms with Crippen molar-refractivity contribution < 1.29 is 14.4 Å². The maximum atomic E-state index is 12.6. The zero-order valence-corrected chi connectivity index (χ0v) is 14.9. The van der Waals surface area contributed by atoms with E-state index in [0.717, 1.165) is 12.8 Å². The van der Waals surface area contributed by atoms with Gasteiger partial charge in [-0.15, -0.1) is 0 Å². The molecule has 0 amide bonds. The van der Waals surface area contributed by atoms with E-state index in [2.05, 4.69) is 6.92 Å². The zero-order chi connectivity index (χ0) is 16.3. The first-order valence-electron chi connectivity index (χ1n) is 7.52. The number of rotatable bonds is 6. The van der Waals surface area contributed by atoms with Crippen LogP contribution in [0.1, 0.15) is 54.3 Å². The van der Waals surface area contributed by atoms with Gasteiger partial charge >= 0.3 is 137 Å². The van der Waals surface area contributed by atoms with E-state index in [1.807, 2.05) is 6.92 Å².